The number of para-hydroxylation sites is 1. The Morgan fingerprint density at radius 3 is 2.63 bits per heavy atom. The molecule has 1 atom stereocenters. The van der Waals surface area contributed by atoms with Gasteiger partial charge < -0.3 is 15.5 Å². The number of aromatic nitrogens is 2. The fraction of sp³-hybridized carbons (Fsp3) is 0.304. The number of rotatable bonds is 5. The summed E-state index contributed by atoms with van der Waals surface area (Å²) in [5.41, 5.74) is 1.87. The third kappa shape index (κ3) is 3.83. The Bertz CT molecular complexity index is 1100. The minimum absolute atomic E-state index is 0.0578. The number of nitrogens with zero attached hydrogens (tertiary/aromatic N) is 3. The minimum Gasteiger partial charge on any atom is -0.365 e. The molecular formula is C23H23N5O2. The average Bonchev–Trinajstić information content (AvgIpc) is 3.48. The molecule has 7 nitrogen and oxygen atoms in total. The lowest BCUT2D eigenvalue weighted by atomic mass is 10.1. The summed E-state index contributed by atoms with van der Waals surface area (Å²) in [7, 11) is 0. The second-order valence-corrected chi connectivity index (χ2v) is 7.92. The highest BCUT2D eigenvalue weighted by Crippen LogP contribution is 2.25. The van der Waals surface area contributed by atoms with Crippen molar-refractivity contribution >= 4 is 28.5 Å². The van der Waals surface area contributed by atoms with E-state index in [1.54, 1.807) is 18.3 Å². The summed E-state index contributed by atoms with van der Waals surface area (Å²) in [5, 5.41) is 7.34. The van der Waals surface area contributed by atoms with Crippen molar-refractivity contribution in [2.75, 3.05) is 18.4 Å². The maximum Gasteiger partial charge on any atom is 0.272 e. The van der Waals surface area contributed by atoms with Gasteiger partial charge in [-0.15, -0.1) is 0 Å². The van der Waals surface area contributed by atoms with Crippen molar-refractivity contribution in [1.29, 1.82) is 0 Å². The lowest BCUT2D eigenvalue weighted by Crippen LogP contribution is -2.32. The van der Waals surface area contributed by atoms with E-state index in [0.717, 1.165) is 30.2 Å². The third-order valence-corrected chi connectivity index (χ3v) is 5.58. The van der Waals surface area contributed by atoms with Crippen molar-refractivity contribution in [1.82, 2.24) is 20.2 Å². The SMILES string of the molecule is O=C(NC1CC1)c1cc(NC2CCN(C(=O)c3ccccn3)C2)nc2ccccc12. The molecule has 1 unspecified atom stereocenters. The summed E-state index contributed by atoms with van der Waals surface area (Å²) < 4.78 is 0. The molecule has 1 aliphatic carbocycles. The number of likely N-dealkylation sites (tertiary alicyclic amines) is 1. The van der Waals surface area contributed by atoms with Crippen LogP contribution in [0.1, 0.15) is 40.1 Å². The van der Waals surface area contributed by atoms with E-state index in [1.807, 2.05) is 41.3 Å². The smallest absolute Gasteiger partial charge is 0.272 e. The van der Waals surface area contributed by atoms with Gasteiger partial charge in [-0.2, -0.15) is 0 Å². The van der Waals surface area contributed by atoms with Crippen LogP contribution >= 0.6 is 0 Å². The quantitative estimate of drug-likeness (QED) is 0.687. The van der Waals surface area contributed by atoms with Gasteiger partial charge in [0.2, 0.25) is 0 Å². The molecule has 1 saturated heterocycles. The summed E-state index contributed by atoms with van der Waals surface area (Å²) in [4.78, 5) is 36.1. The zero-order chi connectivity index (χ0) is 20.5. The van der Waals surface area contributed by atoms with Crippen LogP contribution in [0.25, 0.3) is 10.9 Å². The number of anilines is 1. The Kier molecular flexibility index (Phi) is 4.78. The number of hydrogen-bond acceptors (Lipinski definition) is 5. The molecule has 1 saturated carbocycles. The monoisotopic (exact) mass is 401 g/mol. The highest BCUT2D eigenvalue weighted by molar-refractivity contribution is 6.07. The molecule has 2 amide bonds. The predicted octanol–water partition coefficient (Wildman–Crippen LogP) is 2.85. The van der Waals surface area contributed by atoms with Gasteiger partial charge >= 0.3 is 0 Å². The number of fused-ring (bicyclic) bond motifs is 1. The standard InChI is InChI=1S/C23H23N5O2/c29-22(26-15-8-9-15)18-13-21(27-19-6-2-1-5-17(18)19)25-16-10-12-28(14-16)23(30)20-7-3-4-11-24-20/h1-7,11,13,15-16H,8-10,12,14H2,(H,25,27)(H,26,29). The van der Waals surface area contributed by atoms with E-state index in [-0.39, 0.29) is 17.9 Å². The number of benzene rings is 1. The molecule has 3 heterocycles. The third-order valence-electron chi connectivity index (χ3n) is 5.58. The normalized spacial score (nSPS) is 18.4. The second kappa shape index (κ2) is 7.74. The summed E-state index contributed by atoms with van der Waals surface area (Å²) in [6.07, 6.45) is 4.53. The number of carbonyl (C=O) groups excluding carboxylic acids is 2. The molecule has 3 aromatic rings. The van der Waals surface area contributed by atoms with E-state index in [1.165, 1.54) is 0 Å². The molecule has 1 aromatic carbocycles. The zero-order valence-electron chi connectivity index (χ0n) is 16.5. The Morgan fingerprint density at radius 2 is 1.83 bits per heavy atom. The van der Waals surface area contributed by atoms with Crippen LogP contribution in [0.2, 0.25) is 0 Å². The van der Waals surface area contributed by atoms with Crippen LogP contribution in [0.15, 0.2) is 54.7 Å². The van der Waals surface area contributed by atoms with Gasteiger partial charge in [0.15, 0.2) is 0 Å². The maximum atomic E-state index is 12.8. The summed E-state index contributed by atoms with van der Waals surface area (Å²) in [6.45, 7) is 1.24. The number of nitrogens with one attached hydrogen (secondary N) is 2. The second-order valence-electron chi connectivity index (χ2n) is 7.92. The molecule has 2 N–H and O–H groups in total. The summed E-state index contributed by atoms with van der Waals surface area (Å²) in [6, 6.07) is 15.2. The molecule has 30 heavy (non-hydrogen) atoms. The number of amides is 2. The van der Waals surface area contributed by atoms with Crippen molar-refractivity contribution in [2.24, 2.45) is 0 Å². The molecule has 0 spiro atoms. The van der Waals surface area contributed by atoms with Crippen molar-refractivity contribution in [3.05, 3.63) is 66.0 Å². The van der Waals surface area contributed by atoms with Gasteiger partial charge in [-0.1, -0.05) is 24.3 Å². The van der Waals surface area contributed by atoms with E-state index in [4.69, 9.17) is 4.98 Å². The summed E-state index contributed by atoms with van der Waals surface area (Å²) >= 11 is 0. The van der Waals surface area contributed by atoms with Crippen LogP contribution in [0.4, 0.5) is 5.82 Å². The van der Waals surface area contributed by atoms with Crippen LogP contribution in [0.3, 0.4) is 0 Å². The first kappa shape index (κ1) is 18.5. The largest absolute Gasteiger partial charge is 0.365 e. The van der Waals surface area contributed by atoms with Crippen LogP contribution in [-0.2, 0) is 0 Å². The van der Waals surface area contributed by atoms with E-state index in [9.17, 15) is 9.59 Å². The van der Waals surface area contributed by atoms with E-state index >= 15 is 0 Å². The highest BCUT2D eigenvalue weighted by Gasteiger charge is 2.28. The molecule has 2 aliphatic rings. The lowest BCUT2D eigenvalue weighted by molar-refractivity contribution is 0.0785. The van der Waals surface area contributed by atoms with Gasteiger partial charge in [0.05, 0.1) is 11.1 Å². The van der Waals surface area contributed by atoms with Gasteiger partial charge in [0.25, 0.3) is 11.8 Å². The van der Waals surface area contributed by atoms with Crippen molar-refractivity contribution in [3.63, 3.8) is 0 Å². The number of pyridine rings is 2. The van der Waals surface area contributed by atoms with Crippen LogP contribution in [-0.4, -0.2) is 51.9 Å². The Hall–Kier alpha value is -3.48. The van der Waals surface area contributed by atoms with E-state index in [2.05, 4.69) is 15.6 Å². The molecule has 152 valence electrons. The average molecular weight is 401 g/mol. The first-order valence-electron chi connectivity index (χ1n) is 10.3. The zero-order valence-corrected chi connectivity index (χ0v) is 16.5. The van der Waals surface area contributed by atoms with Gasteiger partial charge in [0, 0.05) is 36.8 Å². The van der Waals surface area contributed by atoms with Crippen LogP contribution in [0, 0.1) is 0 Å². The first-order valence-corrected chi connectivity index (χ1v) is 10.3. The molecule has 2 aromatic heterocycles. The minimum atomic E-state index is -0.0594. The van der Waals surface area contributed by atoms with Gasteiger partial charge in [0.1, 0.15) is 11.5 Å². The fourth-order valence-corrected chi connectivity index (χ4v) is 3.85. The Balaban J connectivity index is 1.34. The Morgan fingerprint density at radius 1 is 1.00 bits per heavy atom. The first-order chi connectivity index (χ1) is 14.7. The summed E-state index contributed by atoms with van der Waals surface area (Å²) in [5.74, 6) is 0.542. The van der Waals surface area contributed by atoms with Crippen LogP contribution < -0.4 is 10.6 Å². The van der Waals surface area contributed by atoms with Crippen LogP contribution in [0.5, 0.6) is 0 Å². The van der Waals surface area contributed by atoms with Gasteiger partial charge in [-0.05, 0) is 43.5 Å². The predicted molar refractivity (Wildman–Crippen MR) is 114 cm³/mol. The molecule has 2 fully saturated rings. The number of hydrogen-bond donors (Lipinski definition) is 2. The molecule has 7 heteroatoms. The topological polar surface area (TPSA) is 87.2 Å². The van der Waals surface area contributed by atoms with Gasteiger partial charge in [-0.25, -0.2) is 4.98 Å². The molecule has 5 rings (SSSR count). The fourth-order valence-electron chi connectivity index (χ4n) is 3.85. The molecular weight excluding hydrogens is 378 g/mol. The lowest BCUT2D eigenvalue weighted by Gasteiger charge is -2.18. The van der Waals surface area contributed by atoms with Crippen molar-refractivity contribution in [2.45, 2.75) is 31.3 Å². The number of carbonyl (C=O) groups is 2. The Labute approximate surface area is 174 Å². The molecule has 0 bridgehead atoms. The van der Waals surface area contributed by atoms with E-state index < -0.39 is 0 Å². The van der Waals surface area contributed by atoms with E-state index in [0.29, 0.717) is 36.2 Å². The maximum absolute atomic E-state index is 12.8. The van der Waals surface area contributed by atoms with Crippen molar-refractivity contribution < 1.29 is 9.59 Å². The molecule has 1 aliphatic heterocycles. The highest BCUT2D eigenvalue weighted by atomic mass is 16.2. The molecule has 0 radical (unpaired) electrons. The van der Waals surface area contributed by atoms with Gasteiger partial charge in [-0.3, -0.25) is 14.6 Å². The van der Waals surface area contributed by atoms with Crippen molar-refractivity contribution in [3.8, 4) is 0 Å².